The van der Waals surface area contributed by atoms with Crippen molar-refractivity contribution in [1.82, 2.24) is 20.2 Å². The highest BCUT2D eigenvalue weighted by Crippen LogP contribution is 2.24. The number of nitrogens with zero attached hydrogens (tertiary/aromatic N) is 3. The zero-order chi connectivity index (χ0) is 15.5. The summed E-state index contributed by atoms with van der Waals surface area (Å²) >= 11 is 0. The lowest BCUT2D eigenvalue weighted by atomic mass is 10.0. The molecule has 0 unspecified atom stereocenters. The van der Waals surface area contributed by atoms with Gasteiger partial charge in [0.2, 0.25) is 0 Å². The van der Waals surface area contributed by atoms with Gasteiger partial charge in [0.15, 0.2) is 0 Å². The molecule has 1 aromatic carbocycles. The van der Waals surface area contributed by atoms with Gasteiger partial charge >= 0.3 is 0 Å². The van der Waals surface area contributed by atoms with Crippen LogP contribution in [0.2, 0.25) is 0 Å². The lowest BCUT2D eigenvalue weighted by molar-refractivity contribution is -0.384. The van der Waals surface area contributed by atoms with E-state index in [1.165, 1.54) is 18.6 Å². The van der Waals surface area contributed by atoms with E-state index in [9.17, 15) is 14.9 Å². The molecular weight excluding hydrogens is 357 g/mol. The number of hydrogen-bond donors (Lipinski definition) is 2. The summed E-state index contributed by atoms with van der Waals surface area (Å²) in [4.78, 5) is 26.7. The fourth-order valence-corrected chi connectivity index (χ4v) is 2.26. The van der Waals surface area contributed by atoms with Crippen molar-refractivity contribution in [3.05, 3.63) is 52.6 Å². The minimum Gasteiger partial charge on any atom is -0.352 e. The van der Waals surface area contributed by atoms with E-state index >= 15 is 0 Å². The fourth-order valence-electron chi connectivity index (χ4n) is 2.26. The average molecular weight is 374 g/mol. The molecule has 130 valence electrons. The van der Waals surface area contributed by atoms with Crippen molar-refractivity contribution in [2.75, 3.05) is 19.6 Å². The van der Waals surface area contributed by atoms with Crippen LogP contribution in [0.25, 0.3) is 5.69 Å². The van der Waals surface area contributed by atoms with Crippen molar-refractivity contribution in [2.24, 2.45) is 5.92 Å². The summed E-state index contributed by atoms with van der Waals surface area (Å²) in [6, 6.07) is 4.43. The van der Waals surface area contributed by atoms with Crippen LogP contribution in [0.5, 0.6) is 0 Å². The molecule has 1 amide bonds. The highest BCUT2D eigenvalue weighted by atomic mass is 35.5. The Hall–Kier alpha value is -2.16. The van der Waals surface area contributed by atoms with Gasteiger partial charge in [-0.25, -0.2) is 4.98 Å². The summed E-state index contributed by atoms with van der Waals surface area (Å²) in [5, 5.41) is 17.2. The SMILES string of the molecule is Cl.Cl.O=C(NCC1CNC1)c1ccc(-n2ccnc2)c([N+](=O)[O-])c1. The number of benzene rings is 1. The topological polar surface area (TPSA) is 102 Å². The lowest BCUT2D eigenvalue weighted by Gasteiger charge is -2.27. The quantitative estimate of drug-likeness (QED) is 0.611. The molecule has 1 aromatic heterocycles. The van der Waals surface area contributed by atoms with E-state index in [2.05, 4.69) is 15.6 Å². The maximum atomic E-state index is 12.1. The molecule has 1 aliphatic rings. The highest BCUT2D eigenvalue weighted by Gasteiger charge is 2.21. The zero-order valence-electron chi connectivity index (χ0n) is 12.5. The van der Waals surface area contributed by atoms with Gasteiger partial charge in [0.25, 0.3) is 11.6 Å². The van der Waals surface area contributed by atoms with E-state index in [0.29, 0.717) is 18.2 Å². The first-order chi connectivity index (χ1) is 10.6. The van der Waals surface area contributed by atoms with E-state index in [4.69, 9.17) is 0 Å². The summed E-state index contributed by atoms with van der Waals surface area (Å²) in [6.45, 7) is 2.35. The molecule has 1 fully saturated rings. The van der Waals surface area contributed by atoms with Crippen LogP contribution in [0, 0.1) is 16.0 Å². The summed E-state index contributed by atoms with van der Waals surface area (Å²) < 4.78 is 1.54. The largest absolute Gasteiger partial charge is 0.352 e. The summed E-state index contributed by atoms with van der Waals surface area (Å²) in [6.07, 6.45) is 4.63. The second kappa shape index (κ2) is 8.62. The number of imidazole rings is 1. The van der Waals surface area contributed by atoms with Crippen LogP contribution < -0.4 is 10.6 Å². The zero-order valence-corrected chi connectivity index (χ0v) is 14.2. The van der Waals surface area contributed by atoms with Gasteiger partial charge in [-0.2, -0.15) is 0 Å². The smallest absolute Gasteiger partial charge is 0.294 e. The van der Waals surface area contributed by atoms with Gasteiger partial charge in [0, 0.05) is 49.6 Å². The van der Waals surface area contributed by atoms with Crippen molar-refractivity contribution in [3.8, 4) is 5.69 Å². The molecule has 2 aromatic rings. The third-order valence-electron chi connectivity index (χ3n) is 3.63. The summed E-state index contributed by atoms with van der Waals surface area (Å²) in [7, 11) is 0. The Morgan fingerprint density at radius 3 is 2.71 bits per heavy atom. The average Bonchev–Trinajstić information content (AvgIpc) is 2.98. The maximum Gasteiger partial charge on any atom is 0.294 e. The molecule has 0 radical (unpaired) electrons. The first-order valence-electron chi connectivity index (χ1n) is 6.91. The molecule has 0 atom stereocenters. The Labute approximate surface area is 150 Å². The number of nitrogens with one attached hydrogen (secondary N) is 2. The first-order valence-corrected chi connectivity index (χ1v) is 6.91. The molecule has 0 aliphatic carbocycles. The Bertz CT molecular complexity index is 704. The van der Waals surface area contributed by atoms with Crippen LogP contribution in [-0.4, -0.2) is 40.0 Å². The third-order valence-corrected chi connectivity index (χ3v) is 3.63. The van der Waals surface area contributed by atoms with E-state index in [1.54, 1.807) is 22.9 Å². The molecule has 0 saturated carbocycles. The number of rotatable bonds is 5. The molecule has 1 saturated heterocycles. The highest BCUT2D eigenvalue weighted by molar-refractivity contribution is 5.95. The molecule has 10 heteroatoms. The van der Waals surface area contributed by atoms with Crippen molar-refractivity contribution in [1.29, 1.82) is 0 Å². The number of nitro groups is 1. The second-order valence-electron chi connectivity index (χ2n) is 5.16. The van der Waals surface area contributed by atoms with E-state index in [-0.39, 0.29) is 42.0 Å². The number of amides is 1. The molecule has 0 spiro atoms. The Morgan fingerprint density at radius 1 is 1.42 bits per heavy atom. The third kappa shape index (κ3) is 4.22. The summed E-state index contributed by atoms with van der Waals surface area (Å²) in [5.74, 6) is 0.135. The molecule has 8 nitrogen and oxygen atoms in total. The van der Waals surface area contributed by atoms with Gasteiger partial charge in [0.05, 0.1) is 11.3 Å². The maximum absolute atomic E-state index is 12.1. The predicted molar refractivity (Wildman–Crippen MR) is 93.4 cm³/mol. The second-order valence-corrected chi connectivity index (χ2v) is 5.16. The molecule has 3 rings (SSSR count). The van der Waals surface area contributed by atoms with E-state index in [1.807, 2.05) is 0 Å². The fraction of sp³-hybridized carbons (Fsp3) is 0.286. The number of aromatic nitrogens is 2. The standard InChI is InChI=1S/C14H15N5O3.2ClH/c20-14(17-8-10-6-16-7-10)11-1-2-12(13(5-11)19(21)22)18-4-3-15-9-18;;/h1-5,9-10,16H,6-8H2,(H,17,20);2*1H. The van der Waals surface area contributed by atoms with Crippen LogP contribution in [0.4, 0.5) is 5.69 Å². The normalized spacial score (nSPS) is 13.2. The Morgan fingerprint density at radius 2 is 2.17 bits per heavy atom. The molecule has 24 heavy (non-hydrogen) atoms. The molecular formula is C14H17Cl2N5O3. The van der Waals surface area contributed by atoms with Gasteiger partial charge in [-0.1, -0.05) is 0 Å². The Balaban J connectivity index is 0.00000144. The van der Waals surface area contributed by atoms with Crippen molar-refractivity contribution in [2.45, 2.75) is 0 Å². The van der Waals surface area contributed by atoms with Gasteiger partial charge in [-0.05, 0) is 12.1 Å². The van der Waals surface area contributed by atoms with Crippen molar-refractivity contribution < 1.29 is 9.72 Å². The van der Waals surface area contributed by atoms with Crippen LogP contribution >= 0.6 is 24.8 Å². The summed E-state index contributed by atoms with van der Waals surface area (Å²) in [5.41, 5.74) is 0.529. The van der Waals surface area contributed by atoms with Gasteiger partial charge in [-0.15, -0.1) is 24.8 Å². The number of carbonyl (C=O) groups is 1. The van der Waals surface area contributed by atoms with E-state index < -0.39 is 4.92 Å². The molecule has 2 N–H and O–H groups in total. The minimum atomic E-state index is -0.498. The number of halogens is 2. The van der Waals surface area contributed by atoms with Gasteiger partial charge in [-0.3, -0.25) is 14.9 Å². The van der Waals surface area contributed by atoms with Crippen LogP contribution in [0.15, 0.2) is 36.9 Å². The number of carbonyl (C=O) groups excluding carboxylic acids is 1. The molecule has 2 heterocycles. The monoisotopic (exact) mass is 373 g/mol. The van der Waals surface area contributed by atoms with E-state index in [0.717, 1.165) is 13.1 Å². The van der Waals surface area contributed by atoms with Gasteiger partial charge in [0.1, 0.15) is 5.69 Å². The van der Waals surface area contributed by atoms with Crippen LogP contribution in [0.3, 0.4) is 0 Å². The predicted octanol–water partition coefficient (Wildman–Crippen LogP) is 1.57. The van der Waals surface area contributed by atoms with Crippen molar-refractivity contribution in [3.63, 3.8) is 0 Å². The lowest BCUT2D eigenvalue weighted by Crippen LogP contribution is -2.48. The first kappa shape index (κ1) is 19.9. The van der Waals surface area contributed by atoms with Crippen LogP contribution in [0.1, 0.15) is 10.4 Å². The van der Waals surface area contributed by atoms with Gasteiger partial charge < -0.3 is 15.2 Å². The number of hydrogen-bond acceptors (Lipinski definition) is 5. The minimum absolute atomic E-state index is 0. The molecule has 1 aliphatic heterocycles. The van der Waals surface area contributed by atoms with Crippen LogP contribution in [-0.2, 0) is 0 Å². The molecule has 0 bridgehead atoms. The Kier molecular flexibility index (Phi) is 7.15. The van der Waals surface area contributed by atoms with Crippen molar-refractivity contribution >= 4 is 36.4 Å². The number of nitro benzene ring substituents is 1.